The minimum absolute atomic E-state index is 0.215. The van der Waals surface area contributed by atoms with Crippen LogP contribution in [0.4, 0.5) is 0 Å². The van der Waals surface area contributed by atoms with Crippen molar-refractivity contribution in [1.82, 2.24) is 9.97 Å². The van der Waals surface area contributed by atoms with Crippen molar-refractivity contribution in [3.63, 3.8) is 0 Å². The highest BCUT2D eigenvalue weighted by atomic mass is 32.1. The summed E-state index contributed by atoms with van der Waals surface area (Å²) >= 11 is 1.60. The molecule has 0 unspecified atom stereocenters. The van der Waals surface area contributed by atoms with E-state index in [0.717, 1.165) is 26.4 Å². The number of rotatable bonds is 9. The summed E-state index contributed by atoms with van der Waals surface area (Å²) < 4.78 is 28.4. The fourth-order valence-corrected chi connectivity index (χ4v) is 6.00. The lowest BCUT2D eigenvalue weighted by Crippen LogP contribution is -2.65. The Morgan fingerprint density at radius 1 is 0.952 bits per heavy atom. The van der Waals surface area contributed by atoms with Crippen LogP contribution in [0.15, 0.2) is 49.1 Å². The number of esters is 4. The summed E-state index contributed by atoms with van der Waals surface area (Å²) in [5.74, 6) is -2.62. The van der Waals surface area contributed by atoms with E-state index in [1.165, 1.54) is 34.0 Å². The van der Waals surface area contributed by atoms with E-state index in [1.807, 2.05) is 31.2 Å². The molecule has 12 heteroatoms. The molecule has 0 radical (unpaired) electrons. The lowest BCUT2D eigenvalue weighted by Gasteiger charge is -2.49. The van der Waals surface area contributed by atoms with Crippen LogP contribution in [-0.2, 0) is 54.9 Å². The van der Waals surface area contributed by atoms with E-state index in [0.29, 0.717) is 12.0 Å². The summed E-state index contributed by atoms with van der Waals surface area (Å²) in [6, 6.07) is 9.48. The van der Waals surface area contributed by atoms with Gasteiger partial charge in [-0.2, -0.15) is 0 Å². The van der Waals surface area contributed by atoms with Crippen LogP contribution in [0.3, 0.4) is 0 Å². The standard InChI is InChI=1S/C30H32N2O9S/c1-17-6-7-24(10-22(17)11-25-8-9-27(42-25)23-12-31-16-32-13-23)30(41-21(5)36)28(39-19(3)34)15-38-26(14-37-18(2)33)29(30)40-20(4)35/h6-10,12-13,16,26,28-29H,11,14-15H2,1-5H3/t26-,28+,29-,30-/m1/s1. The Hall–Kier alpha value is -4.16. The molecular formula is C30H32N2O9S. The Morgan fingerprint density at radius 2 is 1.67 bits per heavy atom. The molecule has 0 spiro atoms. The van der Waals surface area contributed by atoms with E-state index in [9.17, 15) is 19.2 Å². The van der Waals surface area contributed by atoms with Crippen molar-refractivity contribution in [2.75, 3.05) is 13.2 Å². The third-order valence-corrected chi connectivity index (χ3v) is 7.87. The largest absolute Gasteiger partial charge is 0.463 e. The van der Waals surface area contributed by atoms with Gasteiger partial charge in [0.2, 0.25) is 5.60 Å². The lowest BCUT2D eigenvalue weighted by molar-refractivity contribution is -0.273. The third kappa shape index (κ3) is 7.00. The molecule has 4 atom stereocenters. The highest BCUT2D eigenvalue weighted by molar-refractivity contribution is 7.15. The number of nitrogens with zero attached hydrogens (tertiary/aromatic N) is 2. The first kappa shape index (κ1) is 30.8. The van der Waals surface area contributed by atoms with Crippen LogP contribution in [0, 0.1) is 6.92 Å². The van der Waals surface area contributed by atoms with Gasteiger partial charge in [-0.3, -0.25) is 19.2 Å². The van der Waals surface area contributed by atoms with Gasteiger partial charge in [0, 0.05) is 67.4 Å². The number of hydrogen-bond acceptors (Lipinski definition) is 12. The Balaban J connectivity index is 1.82. The molecule has 1 aliphatic heterocycles. The van der Waals surface area contributed by atoms with E-state index < -0.39 is 47.8 Å². The first-order chi connectivity index (χ1) is 20.0. The van der Waals surface area contributed by atoms with Crippen LogP contribution in [0.25, 0.3) is 10.4 Å². The first-order valence-electron chi connectivity index (χ1n) is 13.2. The molecule has 3 aromatic rings. The van der Waals surface area contributed by atoms with Crippen molar-refractivity contribution >= 4 is 35.2 Å². The van der Waals surface area contributed by atoms with Gasteiger partial charge in [-0.25, -0.2) is 9.97 Å². The number of aryl methyl sites for hydroxylation is 1. The number of carbonyl (C=O) groups excluding carboxylic acids is 4. The fourth-order valence-electron chi connectivity index (χ4n) is 5.00. The minimum atomic E-state index is -1.81. The second-order valence-corrected chi connectivity index (χ2v) is 11.1. The molecule has 2 aromatic heterocycles. The summed E-state index contributed by atoms with van der Waals surface area (Å²) in [5.41, 5.74) is 1.40. The predicted octanol–water partition coefficient (Wildman–Crippen LogP) is 3.69. The average molecular weight is 597 g/mol. The summed E-state index contributed by atoms with van der Waals surface area (Å²) in [4.78, 5) is 59.1. The average Bonchev–Trinajstić information content (AvgIpc) is 3.39. The molecule has 222 valence electrons. The zero-order valence-electron chi connectivity index (χ0n) is 23.9. The molecule has 1 aliphatic rings. The lowest BCUT2D eigenvalue weighted by atomic mass is 9.77. The van der Waals surface area contributed by atoms with Gasteiger partial charge in [0.25, 0.3) is 0 Å². The van der Waals surface area contributed by atoms with Crippen LogP contribution in [0.2, 0.25) is 0 Å². The molecule has 1 saturated heterocycles. The van der Waals surface area contributed by atoms with Crippen molar-refractivity contribution in [2.24, 2.45) is 0 Å². The quantitative estimate of drug-likeness (QED) is 0.264. The molecular weight excluding hydrogens is 564 g/mol. The Bertz CT molecular complexity index is 1460. The van der Waals surface area contributed by atoms with E-state index in [2.05, 4.69) is 9.97 Å². The van der Waals surface area contributed by atoms with E-state index in [1.54, 1.807) is 29.8 Å². The second-order valence-electron chi connectivity index (χ2n) is 9.90. The topological polar surface area (TPSA) is 140 Å². The maximum atomic E-state index is 12.7. The Morgan fingerprint density at radius 3 is 2.31 bits per heavy atom. The highest BCUT2D eigenvalue weighted by Crippen LogP contribution is 2.44. The van der Waals surface area contributed by atoms with Gasteiger partial charge in [0.05, 0.1) is 6.61 Å². The van der Waals surface area contributed by atoms with Crippen LogP contribution in [0.5, 0.6) is 0 Å². The Labute approximate surface area is 247 Å². The molecule has 4 rings (SSSR count). The zero-order valence-corrected chi connectivity index (χ0v) is 24.8. The predicted molar refractivity (Wildman–Crippen MR) is 150 cm³/mol. The number of carbonyl (C=O) groups is 4. The van der Waals surface area contributed by atoms with Gasteiger partial charge in [0.1, 0.15) is 19.0 Å². The third-order valence-electron chi connectivity index (χ3n) is 6.74. The van der Waals surface area contributed by atoms with Gasteiger partial charge < -0.3 is 23.7 Å². The number of benzene rings is 1. The fraction of sp³-hybridized carbons (Fsp3) is 0.400. The van der Waals surface area contributed by atoms with E-state index >= 15 is 0 Å². The SMILES string of the molecule is CC(=O)OC[C@H]1OC[C@H](OC(C)=O)[C@](OC(C)=O)(c2ccc(C)c(Cc3ccc(-c4cncnc4)s3)c2)[C@@H]1OC(C)=O. The molecule has 0 amide bonds. The minimum Gasteiger partial charge on any atom is -0.463 e. The van der Waals surface area contributed by atoms with Crippen LogP contribution >= 0.6 is 11.3 Å². The molecule has 0 aliphatic carbocycles. The second kappa shape index (κ2) is 13.2. The molecule has 0 saturated carbocycles. The van der Waals surface area contributed by atoms with Crippen molar-refractivity contribution in [2.45, 2.75) is 65.0 Å². The van der Waals surface area contributed by atoms with Crippen molar-refractivity contribution in [1.29, 1.82) is 0 Å². The van der Waals surface area contributed by atoms with Crippen LogP contribution in [0.1, 0.15) is 49.3 Å². The molecule has 11 nitrogen and oxygen atoms in total. The summed E-state index contributed by atoms with van der Waals surface area (Å²) in [6.07, 6.45) is 1.99. The summed E-state index contributed by atoms with van der Waals surface area (Å²) in [7, 11) is 0. The van der Waals surface area contributed by atoms with E-state index in [4.69, 9.17) is 23.7 Å². The number of hydrogen-bond donors (Lipinski definition) is 0. The number of thiophene rings is 1. The maximum absolute atomic E-state index is 12.7. The smallest absolute Gasteiger partial charge is 0.303 e. The highest BCUT2D eigenvalue weighted by Gasteiger charge is 2.61. The van der Waals surface area contributed by atoms with Crippen molar-refractivity contribution < 1.29 is 42.9 Å². The van der Waals surface area contributed by atoms with Crippen LogP contribution < -0.4 is 0 Å². The van der Waals surface area contributed by atoms with Crippen LogP contribution in [-0.4, -0.2) is 65.4 Å². The molecule has 3 heterocycles. The van der Waals surface area contributed by atoms with Gasteiger partial charge in [-0.05, 0) is 30.2 Å². The zero-order chi connectivity index (χ0) is 30.4. The number of aromatic nitrogens is 2. The molecule has 0 bridgehead atoms. The molecule has 1 fully saturated rings. The van der Waals surface area contributed by atoms with Gasteiger partial charge in [0.15, 0.2) is 12.2 Å². The molecule has 1 aromatic carbocycles. The normalized spacial score (nSPS) is 21.7. The van der Waals surface area contributed by atoms with Crippen molar-refractivity contribution in [3.05, 3.63) is 70.6 Å². The monoisotopic (exact) mass is 596 g/mol. The molecule has 42 heavy (non-hydrogen) atoms. The van der Waals surface area contributed by atoms with Gasteiger partial charge in [-0.1, -0.05) is 18.2 Å². The maximum Gasteiger partial charge on any atom is 0.303 e. The van der Waals surface area contributed by atoms with Gasteiger partial charge in [-0.15, -0.1) is 11.3 Å². The first-order valence-corrected chi connectivity index (χ1v) is 14.0. The summed E-state index contributed by atoms with van der Waals surface area (Å²) in [5, 5.41) is 0. The number of ether oxygens (including phenoxy) is 5. The van der Waals surface area contributed by atoms with Crippen molar-refractivity contribution in [3.8, 4) is 10.4 Å². The van der Waals surface area contributed by atoms with E-state index in [-0.39, 0.29) is 13.2 Å². The van der Waals surface area contributed by atoms with Gasteiger partial charge >= 0.3 is 23.9 Å². The summed E-state index contributed by atoms with van der Waals surface area (Å²) in [6.45, 7) is 6.32. The molecule has 0 N–H and O–H groups in total. The Kier molecular flexibility index (Phi) is 9.69.